The fourth-order valence-electron chi connectivity index (χ4n) is 2.64. The molecule has 3 nitrogen and oxygen atoms in total. The van der Waals surface area contributed by atoms with Gasteiger partial charge in [-0.3, -0.25) is 0 Å². The Bertz CT molecular complexity index is 562. The molecule has 18 heavy (non-hydrogen) atoms. The molecule has 0 bridgehead atoms. The molecule has 0 spiro atoms. The van der Waals surface area contributed by atoms with Gasteiger partial charge < -0.3 is 14.3 Å². The first-order valence-electron chi connectivity index (χ1n) is 6.39. The first kappa shape index (κ1) is 11.8. The number of aliphatic hydroxyl groups is 1. The van der Waals surface area contributed by atoms with Crippen LogP contribution in [0.4, 0.5) is 0 Å². The van der Waals surface area contributed by atoms with Crippen molar-refractivity contribution >= 4 is 11.0 Å². The number of hydrogen-bond acceptors (Lipinski definition) is 3. The van der Waals surface area contributed by atoms with Crippen LogP contribution in [0.5, 0.6) is 0 Å². The lowest BCUT2D eigenvalue weighted by atomic mass is 9.86. The molecule has 1 aliphatic rings. The standard InChI is InChI=1S/C15H18O3/c1-10-4-3-5-11-8-13(18-14(10)11)15(2,16)12-6-7-17-9-12/h3-5,8,12,16H,6-7,9H2,1-2H3. The molecule has 1 fully saturated rings. The van der Waals surface area contributed by atoms with Crippen LogP contribution in [0.25, 0.3) is 11.0 Å². The molecule has 1 aromatic heterocycles. The Hall–Kier alpha value is -1.32. The molecular weight excluding hydrogens is 228 g/mol. The first-order valence-corrected chi connectivity index (χ1v) is 6.39. The Balaban J connectivity index is 2.05. The SMILES string of the molecule is Cc1cccc2cc(C(C)(O)C3CCOC3)oc12. The topological polar surface area (TPSA) is 42.6 Å². The van der Waals surface area contributed by atoms with E-state index in [9.17, 15) is 5.11 Å². The largest absolute Gasteiger partial charge is 0.458 e. The van der Waals surface area contributed by atoms with Crippen LogP contribution in [0.2, 0.25) is 0 Å². The molecule has 2 heterocycles. The lowest BCUT2D eigenvalue weighted by Gasteiger charge is -2.26. The number of para-hydroxylation sites is 1. The molecule has 2 atom stereocenters. The second kappa shape index (κ2) is 4.11. The van der Waals surface area contributed by atoms with Gasteiger partial charge in [-0.2, -0.15) is 0 Å². The van der Waals surface area contributed by atoms with Gasteiger partial charge in [0, 0.05) is 17.9 Å². The lowest BCUT2D eigenvalue weighted by Crippen LogP contribution is -2.31. The van der Waals surface area contributed by atoms with Crippen molar-refractivity contribution in [1.29, 1.82) is 0 Å². The van der Waals surface area contributed by atoms with E-state index in [0.717, 1.165) is 29.6 Å². The Labute approximate surface area is 106 Å². The molecule has 0 aliphatic carbocycles. The van der Waals surface area contributed by atoms with Gasteiger partial charge in [-0.1, -0.05) is 18.2 Å². The second-order valence-electron chi connectivity index (χ2n) is 5.31. The summed E-state index contributed by atoms with van der Waals surface area (Å²) in [6.45, 7) is 5.16. The predicted octanol–water partition coefficient (Wildman–Crippen LogP) is 2.99. The molecule has 96 valence electrons. The highest BCUT2D eigenvalue weighted by Crippen LogP contribution is 2.37. The second-order valence-corrected chi connectivity index (χ2v) is 5.31. The molecule has 1 N–H and O–H groups in total. The number of aryl methyl sites for hydroxylation is 1. The van der Waals surface area contributed by atoms with Gasteiger partial charge in [0.2, 0.25) is 0 Å². The van der Waals surface area contributed by atoms with Crippen LogP contribution in [0.15, 0.2) is 28.7 Å². The van der Waals surface area contributed by atoms with E-state index in [1.54, 1.807) is 0 Å². The summed E-state index contributed by atoms with van der Waals surface area (Å²) >= 11 is 0. The fourth-order valence-corrected chi connectivity index (χ4v) is 2.64. The van der Waals surface area contributed by atoms with Gasteiger partial charge in [0.05, 0.1) is 6.61 Å². The van der Waals surface area contributed by atoms with E-state index in [1.807, 2.05) is 38.1 Å². The van der Waals surface area contributed by atoms with Gasteiger partial charge in [-0.15, -0.1) is 0 Å². The van der Waals surface area contributed by atoms with Crippen molar-refractivity contribution in [2.24, 2.45) is 5.92 Å². The molecule has 1 saturated heterocycles. The highest BCUT2D eigenvalue weighted by molar-refractivity contribution is 5.81. The van der Waals surface area contributed by atoms with Gasteiger partial charge in [0.25, 0.3) is 0 Å². The van der Waals surface area contributed by atoms with E-state index in [-0.39, 0.29) is 5.92 Å². The van der Waals surface area contributed by atoms with Crippen molar-refractivity contribution in [3.8, 4) is 0 Å². The van der Waals surface area contributed by atoms with Crippen LogP contribution in [0.3, 0.4) is 0 Å². The average Bonchev–Trinajstić information content (AvgIpc) is 2.99. The maximum atomic E-state index is 10.7. The van der Waals surface area contributed by atoms with E-state index in [4.69, 9.17) is 9.15 Å². The monoisotopic (exact) mass is 246 g/mol. The number of fused-ring (bicyclic) bond motifs is 1. The summed E-state index contributed by atoms with van der Waals surface area (Å²) in [5.41, 5.74) is 1.01. The van der Waals surface area contributed by atoms with E-state index >= 15 is 0 Å². The molecule has 1 aromatic carbocycles. The van der Waals surface area contributed by atoms with Crippen molar-refractivity contribution in [3.05, 3.63) is 35.6 Å². The summed E-state index contributed by atoms with van der Waals surface area (Å²) in [7, 11) is 0. The first-order chi connectivity index (χ1) is 8.59. The van der Waals surface area contributed by atoms with Crippen LogP contribution in [-0.2, 0) is 10.3 Å². The third kappa shape index (κ3) is 1.74. The van der Waals surface area contributed by atoms with Crippen molar-refractivity contribution in [2.75, 3.05) is 13.2 Å². The molecule has 3 heteroatoms. The van der Waals surface area contributed by atoms with Gasteiger partial charge in [-0.05, 0) is 31.9 Å². The molecular formula is C15H18O3. The van der Waals surface area contributed by atoms with Gasteiger partial charge >= 0.3 is 0 Å². The Morgan fingerprint density at radius 1 is 1.39 bits per heavy atom. The fraction of sp³-hybridized carbons (Fsp3) is 0.467. The minimum Gasteiger partial charge on any atom is -0.458 e. The highest BCUT2D eigenvalue weighted by Gasteiger charge is 2.39. The maximum absolute atomic E-state index is 10.7. The predicted molar refractivity (Wildman–Crippen MR) is 69.4 cm³/mol. The maximum Gasteiger partial charge on any atom is 0.137 e. The van der Waals surface area contributed by atoms with Crippen molar-refractivity contribution < 1.29 is 14.3 Å². The Morgan fingerprint density at radius 3 is 2.89 bits per heavy atom. The van der Waals surface area contributed by atoms with Crippen LogP contribution in [-0.4, -0.2) is 18.3 Å². The number of rotatable bonds is 2. The van der Waals surface area contributed by atoms with Gasteiger partial charge in [0.1, 0.15) is 16.9 Å². The Kier molecular flexibility index (Phi) is 2.68. The van der Waals surface area contributed by atoms with Crippen molar-refractivity contribution in [2.45, 2.75) is 25.9 Å². The zero-order valence-electron chi connectivity index (χ0n) is 10.8. The van der Waals surface area contributed by atoms with E-state index < -0.39 is 5.60 Å². The number of furan rings is 1. The zero-order chi connectivity index (χ0) is 12.8. The molecule has 1 aliphatic heterocycles. The van der Waals surface area contributed by atoms with Crippen molar-refractivity contribution in [3.63, 3.8) is 0 Å². The summed E-state index contributed by atoms with van der Waals surface area (Å²) in [5, 5.41) is 11.7. The van der Waals surface area contributed by atoms with E-state index in [2.05, 4.69) is 0 Å². The summed E-state index contributed by atoms with van der Waals surface area (Å²) in [5.74, 6) is 0.751. The molecule has 2 aromatic rings. The molecule has 3 rings (SSSR count). The van der Waals surface area contributed by atoms with Crippen LogP contribution in [0.1, 0.15) is 24.7 Å². The van der Waals surface area contributed by atoms with Crippen LogP contribution < -0.4 is 0 Å². The average molecular weight is 246 g/mol. The quantitative estimate of drug-likeness (QED) is 0.885. The molecule has 0 radical (unpaired) electrons. The number of benzene rings is 1. The zero-order valence-corrected chi connectivity index (χ0v) is 10.8. The van der Waals surface area contributed by atoms with Crippen molar-refractivity contribution in [1.82, 2.24) is 0 Å². The van der Waals surface area contributed by atoms with E-state index in [1.165, 1.54) is 0 Å². The molecule has 0 saturated carbocycles. The highest BCUT2D eigenvalue weighted by atomic mass is 16.5. The number of hydrogen-bond donors (Lipinski definition) is 1. The van der Waals surface area contributed by atoms with Crippen LogP contribution in [0, 0.1) is 12.8 Å². The van der Waals surface area contributed by atoms with Gasteiger partial charge in [-0.25, -0.2) is 0 Å². The van der Waals surface area contributed by atoms with Gasteiger partial charge in [0.15, 0.2) is 0 Å². The minimum absolute atomic E-state index is 0.110. The lowest BCUT2D eigenvalue weighted by molar-refractivity contribution is -0.0266. The summed E-state index contributed by atoms with van der Waals surface area (Å²) in [4.78, 5) is 0. The molecule has 0 amide bonds. The summed E-state index contributed by atoms with van der Waals surface area (Å²) in [6.07, 6.45) is 0.878. The van der Waals surface area contributed by atoms with E-state index in [0.29, 0.717) is 12.4 Å². The normalized spacial score (nSPS) is 23.4. The molecule has 2 unspecified atom stereocenters. The van der Waals surface area contributed by atoms with Crippen LogP contribution >= 0.6 is 0 Å². The number of ether oxygens (including phenoxy) is 1. The summed E-state index contributed by atoms with van der Waals surface area (Å²) in [6, 6.07) is 7.98. The Morgan fingerprint density at radius 2 is 2.22 bits per heavy atom. The third-order valence-electron chi connectivity index (χ3n) is 3.96. The summed E-state index contributed by atoms with van der Waals surface area (Å²) < 4.78 is 11.2. The smallest absolute Gasteiger partial charge is 0.137 e. The third-order valence-corrected chi connectivity index (χ3v) is 3.96. The minimum atomic E-state index is -0.956.